The minimum atomic E-state index is -0.190. The Morgan fingerprint density at radius 3 is 1.37 bits per heavy atom. The summed E-state index contributed by atoms with van der Waals surface area (Å²) >= 11 is 2.11. The van der Waals surface area contributed by atoms with Crippen LogP contribution in [0.15, 0.2) is 115 Å². The molecule has 2 aliphatic rings. The van der Waals surface area contributed by atoms with E-state index in [0.717, 1.165) is 18.8 Å². The molecule has 4 aromatic carbocycles. The molecule has 0 aromatic heterocycles. The SMILES string of the molecule is c1ccc(C(SCCCCCCCCN2CCN(c3ccc(N4CCCCC4)cc3)CC2)(c2ccccc2)c2ccccc2)cc1. The van der Waals surface area contributed by atoms with Crippen LogP contribution in [0.1, 0.15) is 74.5 Å². The molecule has 2 aliphatic heterocycles. The Kier molecular flexibility index (Phi) is 12.2. The summed E-state index contributed by atoms with van der Waals surface area (Å²) in [6, 6.07) is 42.7. The highest BCUT2D eigenvalue weighted by Gasteiger charge is 2.36. The third kappa shape index (κ3) is 8.38. The van der Waals surface area contributed by atoms with Gasteiger partial charge in [-0.15, -0.1) is 11.8 Å². The van der Waals surface area contributed by atoms with Gasteiger partial charge in [-0.2, -0.15) is 0 Å². The maximum absolute atomic E-state index is 2.69. The van der Waals surface area contributed by atoms with Crippen molar-refractivity contribution in [1.82, 2.24) is 4.90 Å². The topological polar surface area (TPSA) is 9.72 Å². The lowest BCUT2D eigenvalue weighted by Crippen LogP contribution is -2.46. The molecule has 2 fully saturated rings. The first-order valence-corrected chi connectivity index (χ1v) is 18.9. The zero-order valence-electron chi connectivity index (χ0n) is 27.7. The van der Waals surface area contributed by atoms with Gasteiger partial charge in [0, 0.05) is 50.6 Å². The van der Waals surface area contributed by atoms with Crippen LogP contribution in [0.4, 0.5) is 11.4 Å². The van der Waals surface area contributed by atoms with Crippen molar-refractivity contribution in [1.29, 1.82) is 0 Å². The van der Waals surface area contributed by atoms with Gasteiger partial charge in [-0.3, -0.25) is 4.90 Å². The third-order valence-electron chi connectivity index (χ3n) is 10.0. The zero-order valence-corrected chi connectivity index (χ0v) is 28.6. The van der Waals surface area contributed by atoms with E-state index in [0.29, 0.717) is 0 Å². The predicted octanol–water partition coefficient (Wildman–Crippen LogP) is 9.86. The minimum absolute atomic E-state index is 0.190. The fraction of sp³-hybridized carbons (Fsp3) is 0.429. The second-order valence-corrected chi connectivity index (χ2v) is 14.5. The van der Waals surface area contributed by atoms with Crippen molar-refractivity contribution in [2.75, 3.05) is 61.4 Å². The molecule has 4 heteroatoms. The van der Waals surface area contributed by atoms with Crippen molar-refractivity contribution in [2.24, 2.45) is 0 Å². The van der Waals surface area contributed by atoms with Crippen molar-refractivity contribution < 1.29 is 0 Å². The molecule has 0 bridgehead atoms. The molecule has 46 heavy (non-hydrogen) atoms. The molecule has 0 unspecified atom stereocenters. The maximum Gasteiger partial charge on any atom is 0.0906 e. The number of anilines is 2. The minimum Gasteiger partial charge on any atom is -0.372 e. The molecule has 0 N–H and O–H groups in total. The highest BCUT2D eigenvalue weighted by atomic mass is 32.2. The number of nitrogens with zero attached hydrogens (tertiary/aromatic N) is 3. The lowest BCUT2D eigenvalue weighted by atomic mass is 9.84. The van der Waals surface area contributed by atoms with Crippen molar-refractivity contribution in [2.45, 2.75) is 62.5 Å². The molecule has 0 spiro atoms. The van der Waals surface area contributed by atoms with Gasteiger partial charge in [0.2, 0.25) is 0 Å². The van der Waals surface area contributed by atoms with Crippen molar-refractivity contribution >= 4 is 23.1 Å². The maximum atomic E-state index is 2.69. The molecule has 6 rings (SSSR count). The molecule has 0 aliphatic carbocycles. The molecule has 3 nitrogen and oxygen atoms in total. The summed E-state index contributed by atoms with van der Waals surface area (Å²) in [5, 5.41) is 0. The smallest absolute Gasteiger partial charge is 0.0906 e. The molecular formula is C42H53N3S. The highest BCUT2D eigenvalue weighted by Crippen LogP contribution is 2.48. The van der Waals surface area contributed by atoms with Gasteiger partial charge in [0.15, 0.2) is 0 Å². The second kappa shape index (κ2) is 17.1. The van der Waals surface area contributed by atoms with Crippen LogP contribution in [-0.2, 0) is 4.75 Å². The Morgan fingerprint density at radius 2 is 0.870 bits per heavy atom. The van der Waals surface area contributed by atoms with Gasteiger partial charge in [0.25, 0.3) is 0 Å². The molecule has 0 atom stereocenters. The Hall–Kier alpha value is -3.21. The molecular weight excluding hydrogens is 579 g/mol. The second-order valence-electron chi connectivity index (χ2n) is 13.1. The average Bonchev–Trinajstić information content (AvgIpc) is 3.14. The van der Waals surface area contributed by atoms with Crippen LogP contribution in [0.25, 0.3) is 0 Å². The fourth-order valence-electron chi connectivity index (χ4n) is 7.39. The summed E-state index contributed by atoms with van der Waals surface area (Å²) in [7, 11) is 0. The molecule has 0 amide bonds. The average molecular weight is 632 g/mol. The first-order valence-electron chi connectivity index (χ1n) is 18.0. The van der Waals surface area contributed by atoms with E-state index in [1.807, 2.05) is 0 Å². The third-order valence-corrected chi connectivity index (χ3v) is 11.7. The first-order chi connectivity index (χ1) is 22.8. The van der Waals surface area contributed by atoms with Gasteiger partial charge < -0.3 is 9.80 Å². The molecule has 0 radical (unpaired) electrons. The summed E-state index contributed by atoms with van der Waals surface area (Å²) in [6.45, 7) is 8.37. The van der Waals surface area contributed by atoms with Crippen LogP contribution in [0, 0.1) is 0 Å². The molecule has 0 saturated carbocycles. The lowest BCUT2D eigenvalue weighted by Gasteiger charge is -2.36. The number of thioether (sulfide) groups is 1. The summed E-state index contributed by atoms with van der Waals surface area (Å²) in [4.78, 5) is 7.82. The van der Waals surface area contributed by atoms with Crippen LogP contribution in [0.5, 0.6) is 0 Å². The molecule has 2 saturated heterocycles. The number of piperidine rings is 1. The number of rotatable bonds is 15. The Balaban J connectivity index is 0.900. The quantitative estimate of drug-likeness (QED) is 0.0954. The van der Waals surface area contributed by atoms with Gasteiger partial charge in [-0.05, 0) is 85.4 Å². The molecule has 4 aromatic rings. The van der Waals surface area contributed by atoms with Crippen LogP contribution in [0.3, 0.4) is 0 Å². The zero-order chi connectivity index (χ0) is 31.3. The Labute approximate surface area is 283 Å². The van der Waals surface area contributed by atoms with Gasteiger partial charge in [-0.1, -0.05) is 117 Å². The van der Waals surface area contributed by atoms with Gasteiger partial charge in [0.1, 0.15) is 0 Å². The summed E-state index contributed by atoms with van der Waals surface area (Å²) in [5.41, 5.74) is 6.89. The highest BCUT2D eigenvalue weighted by molar-refractivity contribution is 8.00. The molecule has 242 valence electrons. The number of benzene rings is 4. The summed E-state index contributed by atoms with van der Waals surface area (Å²) < 4.78 is -0.190. The first kappa shape index (κ1) is 32.7. The predicted molar refractivity (Wildman–Crippen MR) is 201 cm³/mol. The molecule has 2 heterocycles. The van der Waals surface area contributed by atoms with Crippen LogP contribution >= 0.6 is 11.8 Å². The number of hydrogen-bond acceptors (Lipinski definition) is 4. The monoisotopic (exact) mass is 631 g/mol. The fourth-order valence-corrected chi connectivity index (χ4v) is 8.96. The van der Waals surface area contributed by atoms with Gasteiger partial charge in [0.05, 0.1) is 4.75 Å². The Morgan fingerprint density at radius 1 is 0.435 bits per heavy atom. The van der Waals surface area contributed by atoms with Crippen molar-refractivity contribution in [3.05, 3.63) is 132 Å². The standard InChI is InChI=1S/C42H53N3S/c1(3-15-29-43-32-34-45(35-33-43)41-27-25-40(26-28-41)44-30-16-8-17-31-44)2-4-18-36-46-42(37-19-9-5-10-20-37,38-21-11-6-12-22-38)39-23-13-7-14-24-39/h5-7,9-14,19-28H,1-4,8,15-18,29-36H2. The van der Waals surface area contributed by atoms with Gasteiger partial charge >= 0.3 is 0 Å². The van der Waals surface area contributed by atoms with E-state index < -0.39 is 0 Å². The van der Waals surface area contributed by atoms with E-state index >= 15 is 0 Å². The largest absolute Gasteiger partial charge is 0.372 e. The summed E-state index contributed by atoms with van der Waals surface area (Å²) in [6.07, 6.45) is 12.0. The van der Waals surface area contributed by atoms with E-state index in [-0.39, 0.29) is 4.75 Å². The van der Waals surface area contributed by atoms with E-state index in [9.17, 15) is 0 Å². The number of piperazine rings is 1. The van der Waals surface area contributed by atoms with Crippen LogP contribution in [0.2, 0.25) is 0 Å². The number of unbranched alkanes of at least 4 members (excludes halogenated alkanes) is 5. The van der Waals surface area contributed by atoms with E-state index in [4.69, 9.17) is 0 Å². The van der Waals surface area contributed by atoms with E-state index in [1.54, 1.807) is 0 Å². The van der Waals surface area contributed by atoms with Gasteiger partial charge in [-0.25, -0.2) is 0 Å². The van der Waals surface area contributed by atoms with Crippen molar-refractivity contribution in [3.8, 4) is 0 Å². The summed E-state index contributed by atoms with van der Waals surface area (Å²) in [5.74, 6) is 1.16. The van der Waals surface area contributed by atoms with Crippen molar-refractivity contribution in [3.63, 3.8) is 0 Å². The van der Waals surface area contributed by atoms with E-state index in [2.05, 4.69) is 142 Å². The lowest BCUT2D eigenvalue weighted by molar-refractivity contribution is 0.252. The number of hydrogen-bond donors (Lipinski definition) is 0. The Bertz CT molecular complexity index is 1300. The normalized spacial score (nSPS) is 16.1. The van der Waals surface area contributed by atoms with E-state index in [1.165, 1.54) is 119 Å². The van der Waals surface area contributed by atoms with Crippen LogP contribution in [-0.4, -0.2) is 56.5 Å². The van der Waals surface area contributed by atoms with Crippen LogP contribution < -0.4 is 9.80 Å².